The number of rotatable bonds is 7. The highest BCUT2D eigenvalue weighted by molar-refractivity contribution is 8.93. The van der Waals surface area contributed by atoms with Gasteiger partial charge in [-0.2, -0.15) is 0 Å². The van der Waals surface area contributed by atoms with Crippen molar-refractivity contribution in [3.05, 3.63) is 30.5 Å². The van der Waals surface area contributed by atoms with Crippen molar-refractivity contribution in [3.63, 3.8) is 0 Å². The quantitative estimate of drug-likeness (QED) is 0.759. The summed E-state index contributed by atoms with van der Waals surface area (Å²) in [4.78, 5) is 4.43. The molecule has 0 amide bonds. The van der Waals surface area contributed by atoms with Crippen molar-refractivity contribution >= 4 is 33.6 Å². The van der Waals surface area contributed by atoms with Crippen LogP contribution in [0, 0.1) is 0 Å². The molecule has 4 nitrogen and oxygen atoms in total. The van der Waals surface area contributed by atoms with Gasteiger partial charge in [-0.25, -0.2) is 0 Å². The summed E-state index contributed by atoms with van der Waals surface area (Å²) in [7, 11) is 1.68. The van der Waals surface area contributed by atoms with Crippen molar-refractivity contribution in [2.75, 3.05) is 25.5 Å². The van der Waals surface area contributed by atoms with Gasteiger partial charge in [0, 0.05) is 24.2 Å². The van der Waals surface area contributed by atoms with Gasteiger partial charge in [-0.1, -0.05) is 12.5 Å². The summed E-state index contributed by atoms with van der Waals surface area (Å²) < 4.78 is 5.32. The van der Waals surface area contributed by atoms with Gasteiger partial charge >= 0.3 is 0 Å². The fourth-order valence-corrected chi connectivity index (χ4v) is 2.09. The van der Waals surface area contributed by atoms with Crippen molar-refractivity contribution in [2.24, 2.45) is 5.73 Å². The predicted molar refractivity (Wildman–Crippen MR) is 90.0 cm³/mol. The van der Waals surface area contributed by atoms with E-state index in [1.165, 1.54) is 0 Å². The van der Waals surface area contributed by atoms with Crippen LogP contribution in [0.2, 0.25) is 0 Å². The molecule has 2 aromatic rings. The summed E-state index contributed by atoms with van der Waals surface area (Å²) >= 11 is 0. The third-order valence-electron chi connectivity index (χ3n) is 3.11. The summed E-state index contributed by atoms with van der Waals surface area (Å²) in [6, 6.07) is 7.98. The second-order valence-corrected chi connectivity index (χ2v) is 4.53. The van der Waals surface area contributed by atoms with Gasteiger partial charge < -0.3 is 15.8 Å². The fourth-order valence-electron chi connectivity index (χ4n) is 2.09. The molecular formula is C15H22BrN3O. The molecule has 20 heavy (non-hydrogen) atoms. The Morgan fingerprint density at radius 2 is 2.10 bits per heavy atom. The maximum atomic E-state index is 5.49. The van der Waals surface area contributed by atoms with E-state index in [0.29, 0.717) is 0 Å². The van der Waals surface area contributed by atoms with Crippen LogP contribution in [-0.2, 0) is 0 Å². The Hall–Kier alpha value is -1.33. The lowest BCUT2D eigenvalue weighted by atomic mass is 10.1. The van der Waals surface area contributed by atoms with Crippen molar-refractivity contribution < 1.29 is 4.74 Å². The first-order valence-corrected chi connectivity index (χ1v) is 6.72. The number of ether oxygens (including phenoxy) is 1. The van der Waals surface area contributed by atoms with Crippen LogP contribution in [-0.4, -0.2) is 25.2 Å². The van der Waals surface area contributed by atoms with Crippen LogP contribution in [0.4, 0.5) is 5.69 Å². The number of hydrogen-bond acceptors (Lipinski definition) is 4. The largest absolute Gasteiger partial charge is 0.497 e. The third kappa shape index (κ3) is 4.35. The van der Waals surface area contributed by atoms with Crippen molar-refractivity contribution in [1.29, 1.82) is 0 Å². The summed E-state index contributed by atoms with van der Waals surface area (Å²) in [5.74, 6) is 0.852. The second kappa shape index (κ2) is 8.76. The van der Waals surface area contributed by atoms with Crippen LogP contribution in [0.5, 0.6) is 5.75 Å². The molecule has 3 N–H and O–H groups in total. The first kappa shape index (κ1) is 16.7. The number of nitrogens with zero attached hydrogens (tertiary/aromatic N) is 1. The number of fused-ring (bicyclic) bond motifs is 1. The lowest BCUT2D eigenvalue weighted by molar-refractivity contribution is 0.415. The summed E-state index contributed by atoms with van der Waals surface area (Å²) in [5, 5.41) is 4.53. The van der Waals surface area contributed by atoms with E-state index in [1.54, 1.807) is 7.11 Å². The molecule has 0 saturated heterocycles. The molecule has 0 saturated carbocycles. The standard InChI is InChI=1S/C15H21N3O.BrH/c1-19-13-10-12-6-5-9-18-15(12)14(11-13)17-8-4-2-3-7-16;/h5-6,9-11,17H,2-4,7-8,16H2,1H3;1H. The van der Waals surface area contributed by atoms with Crippen LogP contribution >= 0.6 is 17.0 Å². The minimum Gasteiger partial charge on any atom is -0.497 e. The number of hydrogen-bond donors (Lipinski definition) is 2. The van der Waals surface area contributed by atoms with Gasteiger partial charge in [0.05, 0.1) is 18.3 Å². The molecule has 110 valence electrons. The van der Waals surface area contributed by atoms with Crippen molar-refractivity contribution in [2.45, 2.75) is 19.3 Å². The fraction of sp³-hybridized carbons (Fsp3) is 0.400. The molecule has 0 unspecified atom stereocenters. The number of anilines is 1. The minimum absolute atomic E-state index is 0. The van der Waals surface area contributed by atoms with Crippen molar-refractivity contribution in [3.8, 4) is 5.75 Å². The number of aromatic nitrogens is 1. The van der Waals surface area contributed by atoms with E-state index in [0.717, 1.165) is 54.7 Å². The molecule has 0 radical (unpaired) electrons. The number of benzene rings is 1. The van der Waals surface area contributed by atoms with Gasteiger partial charge in [-0.3, -0.25) is 4.98 Å². The molecular weight excluding hydrogens is 318 g/mol. The molecule has 0 aliphatic heterocycles. The topological polar surface area (TPSA) is 60.2 Å². The Bertz CT molecular complexity index is 534. The Morgan fingerprint density at radius 3 is 2.85 bits per heavy atom. The number of nitrogens with one attached hydrogen (secondary N) is 1. The zero-order chi connectivity index (χ0) is 13.5. The summed E-state index contributed by atoms with van der Waals surface area (Å²) in [6.07, 6.45) is 5.16. The number of nitrogens with two attached hydrogens (primary N) is 1. The van der Waals surface area contributed by atoms with Gasteiger partial charge in [0.2, 0.25) is 0 Å². The monoisotopic (exact) mass is 339 g/mol. The smallest absolute Gasteiger partial charge is 0.121 e. The van der Waals surface area contributed by atoms with E-state index in [-0.39, 0.29) is 17.0 Å². The molecule has 1 aromatic heterocycles. The average Bonchev–Trinajstić information content (AvgIpc) is 2.46. The third-order valence-corrected chi connectivity index (χ3v) is 3.11. The van der Waals surface area contributed by atoms with Crippen LogP contribution < -0.4 is 15.8 Å². The summed E-state index contributed by atoms with van der Waals surface area (Å²) in [6.45, 7) is 1.70. The average molecular weight is 340 g/mol. The molecule has 0 aliphatic carbocycles. The number of unbranched alkanes of at least 4 members (excludes halogenated alkanes) is 2. The van der Waals surface area contributed by atoms with E-state index < -0.39 is 0 Å². The molecule has 0 atom stereocenters. The van der Waals surface area contributed by atoms with Gasteiger partial charge in [-0.15, -0.1) is 17.0 Å². The Labute approximate surface area is 130 Å². The predicted octanol–water partition coefficient (Wildman–Crippen LogP) is 3.36. The van der Waals surface area contributed by atoms with Crippen molar-refractivity contribution in [1.82, 2.24) is 4.98 Å². The molecule has 1 aromatic carbocycles. The summed E-state index contributed by atoms with van der Waals surface area (Å²) in [5.41, 5.74) is 7.51. The highest BCUT2D eigenvalue weighted by Crippen LogP contribution is 2.27. The zero-order valence-corrected chi connectivity index (χ0v) is 13.5. The van der Waals surface area contributed by atoms with Crippen LogP contribution in [0.3, 0.4) is 0 Å². The van der Waals surface area contributed by atoms with E-state index in [4.69, 9.17) is 10.5 Å². The number of methoxy groups -OCH3 is 1. The molecule has 0 spiro atoms. The highest BCUT2D eigenvalue weighted by atomic mass is 79.9. The van der Waals surface area contributed by atoms with Crippen LogP contribution in [0.15, 0.2) is 30.5 Å². The normalized spacial score (nSPS) is 10.1. The molecule has 5 heteroatoms. The minimum atomic E-state index is 0. The van der Waals surface area contributed by atoms with E-state index >= 15 is 0 Å². The number of pyridine rings is 1. The number of halogens is 1. The molecule has 0 bridgehead atoms. The molecule has 0 aliphatic rings. The van der Waals surface area contributed by atoms with E-state index in [1.807, 2.05) is 30.5 Å². The Morgan fingerprint density at radius 1 is 1.25 bits per heavy atom. The maximum absolute atomic E-state index is 5.49. The molecule has 0 fully saturated rings. The Balaban J connectivity index is 0.00000200. The Kier molecular flexibility index (Phi) is 7.33. The lowest BCUT2D eigenvalue weighted by Crippen LogP contribution is -2.05. The van der Waals surface area contributed by atoms with Gasteiger partial charge in [-0.05, 0) is 31.5 Å². The first-order chi connectivity index (χ1) is 9.35. The zero-order valence-electron chi connectivity index (χ0n) is 11.8. The van der Waals surface area contributed by atoms with Gasteiger partial charge in [0.1, 0.15) is 5.75 Å². The van der Waals surface area contributed by atoms with E-state index in [2.05, 4.69) is 10.3 Å². The van der Waals surface area contributed by atoms with Crippen LogP contribution in [0.1, 0.15) is 19.3 Å². The van der Waals surface area contributed by atoms with Gasteiger partial charge in [0.25, 0.3) is 0 Å². The second-order valence-electron chi connectivity index (χ2n) is 4.53. The maximum Gasteiger partial charge on any atom is 0.121 e. The molecule has 1 heterocycles. The van der Waals surface area contributed by atoms with Crippen LogP contribution in [0.25, 0.3) is 10.9 Å². The lowest BCUT2D eigenvalue weighted by Gasteiger charge is -2.11. The SMILES string of the molecule is Br.COc1cc(NCCCCCN)c2ncccc2c1. The van der Waals surface area contributed by atoms with Gasteiger partial charge in [0.15, 0.2) is 0 Å². The highest BCUT2D eigenvalue weighted by Gasteiger charge is 2.04. The first-order valence-electron chi connectivity index (χ1n) is 6.72. The molecule has 2 rings (SSSR count). The van der Waals surface area contributed by atoms with E-state index in [9.17, 15) is 0 Å².